The molecule has 1 aromatic rings. The number of methoxy groups -OCH3 is 2. The van der Waals surface area contributed by atoms with Gasteiger partial charge in [0.25, 0.3) is 5.91 Å². The molecule has 0 radical (unpaired) electrons. The van der Waals surface area contributed by atoms with Crippen molar-refractivity contribution in [1.29, 1.82) is 0 Å². The van der Waals surface area contributed by atoms with Gasteiger partial charge >= 0.3 is 0 Å². The van der Waals surface area contributed by atoms with Gasteiger partial charge in [-0.3, -0.25) is 4.79 Å². The van der Waals surface area contributed by atoms with E-state index in [1.807, 2.05) is 0 Å². The normalized spacial score (nSPS) is 12.2. The summed E-state index contributed by atoms with van der Waals surface area (Å²) in [5.74, 6) is -1.15. The molecule has 0 aromatic heterocycles. The third kappa shape index (κ3) is 3.97. The van der Waals surface area contributed by atoms with Crippen molar-refractivity contribution in [3.05, 3.63) is 29.6 Å². The fourth-order valence-corrected chi connectivity index (χ4v) is 1.41. The smallest absolute Gasteiger partial charge is 0.254 e. The highest BCUT2D eigenvalue weighted by Crippen LogP contribution is 2.11. The van der Waals surface area contributed by atoms with Crippen molar-refractivity contribution >= 4 is 11.6 Å². The zero-order valence-corrected chi connectivity index (χ0v) is 10.4. The van der Waals surface area contributed by atoms with Gasteiger partial charge in [0.2, 0.25) is 0 Å². The second-order valence-corrected chi connectivity index (χ2v) is 3.76. The van der Waals surface area contributed by atoms with Crippen LogP contribution in [0.2, 0.25) is 0 Å². The van der Waals surface area contributed by atoms with Crippen LogP contribution in [0.4, 0.5) is 10.1 Å². The van der Waals surface area contributed by atoms with E-state index < -0.39 is 11.7 Å². The van der Waals surface area contributed by atoms with E-state index in [0.29, 0.717) is 6.61 Å². The molecule has 3 N–H and O–H groups in total. The van der Waals surface area contributed by atoms with Crippen molar-refractivity contribution in [2.24, 2.45) is 0 Å². The predicted molar refractivity (Wildman–Crippen MR) is 65.8 cm³/mol. The molecule has 1 atom stereocenters. The molecule has 1 unspecified atom stereocenters. The first-order valence-corrected chi connectivity index (χ1v) is 5.43. The van der Waals surface area contributed by atoms with Crippen molar-refractivity contribution in [3.8, 4) is 0 Å². The van der Waals surface area contributed by atoms with E-state index >= 15 is 0 Å². The third-order valence-corrected chi connectivity index (χ3v) is 2.41. The SMILES string of the molecule is COCC(CNC(=O)c1ccc(N)cc1F)OC. The van der Waals surface area contributed by atoms with E-state index in [1.165, 1.54) is 26.4 Å². The Bertz CT molecular complexity index is 412. The number of ether oxygens (including phenoxy) is 2. The number of nitrogen functional groups attached to an aromatic ring is 1. The second-order valence-electron chi connectivity index (χ2n) is 3.76. The van der Waals surface area contributed by atoms with Gasteiger partial charge in [0.15, 0.2) is 0 Å². The number of hydrogen-bond acceptors (Lipinski definition) is 4. The molecule has 18 heavy (non-hydrogen) atoms. The highest BCUT2D eigenvalue weighted by atomic mass is 19.1. The van der Waals surface area contributed by atoms with Crippen LogP contribution in [0.25, 0.3) is 0 Å². The number of rotatable bonds is 6. The Hall–Kier alpha value is -1.66. The Morgan fingerprint density at radius 3 is 2.78 bits per heavy atom. The molecule has 0 heterocycles. The lowest BCUT2D eigenvalue weighted by atomic mass is 10.2. The first-order valence-electron chi connectivity index (χ1n) is 5.43. The van der Waals surface area contributed by atoms with Crippen molar-refractivity contribution in [3.63, 3.8) is 0 Å². The van der Waals surface area contributed by atoms with Crippen LogP contribution in [-0.2, 0) is 9.47 Å². The van der Waals surface area contributed by atoms with Crippen molar-refractivity contribution < 1.29 is 18.7 Å². The highest BCUT2D eigenvalue weighted by Gasteiger charge is 2.14. The number of anilines is 1. The van der Waals surface area contributed by atoms with E-state index in [0.717, 1.165) is 6.07 Å². The summed E-state index contributed by atoms with van der Waals surface area (Å²) in [6.07, 6.45) is -0.268. The van der Waals surface area contributed by atoms with Gasteiger partial charge in [-0.2, -0.15) is 0 Å². The topological polar surface area (TPSA) is 73.6 Å². The van der Waals surface area contributed by atoms with Gasteiger partial charge in [-0.15, -0.1) is 0 Å². The van der Waals surface area contributed by atoms with E-state index in [9.17, 15) is 9.18 Å². The molecule has 0 aliphatic heterocycles. The van der Waals surface area contributed by atoms with Gasteiger partial charge in [0.1, 0.15) is 5.82 Å². The van der Waals surface area contributed by atoms with Crippen LogP contribution in [-0.4, -0.2) is 39.4 Å². The van der Waals surface area contributed by atoms with Crippen LogP contribution < -0.4 is 11.1 Å². The lowest BCUT2D eigenvalue weighted by molar-refractivity contribution is 0.0285. The number of nitrogens with two attached hydrogens (primary N) is 1. The second kappa shape index (κ2) is 6.93. The standard InChI is InChI=1S/C12H17FN2O3/c1-17-7-9(18-2)6-15-12(16)10-4-3-8(14)5-11(10)13/h3-5,9H,6-7,14H2,1-2H3,(H,15,16). The predicted octanol–water partition coefficient (Wildman–Crippen LogP) is 0.799. The Morgan fingerprint density at radius 2 is 2.22 bits per heavy atom. The zero-order valence-electron chi connectivity index (χ0n) is 10.4. The van der Waals surface area contributed by atoms with E-state index in [4.69, 9.17) is 15.2 Å². The van der Waals surface area contributed by atoms with Crippen molar-refractivity contribution in [1.82, 2.24) is 5.32 Å². The van der Waals surface area contributed by atoms with Gasteiger partial charge in [-0.25, -0.2) is 4.39 Å². The number of nitrogens with one attached hydrogen (secondary N) is 1. The molecule has 0 saturated carbocycles. The molecule has 0 bridgehead atoms. The van der Waals surface area contributed by atoms with Crippen LogP contribution in [0, 0.1) is 5.82 Å². The van der Waals surface area contributed by atoms with Gasteiger partial charge in [0, 0.05) is 26.5 Å². The average Bonchev–Trinajstić information content (AvgIpc) is 2.34. The fourth-order valence-electron chi connectivity index (χ4n) is 1.41. The van der Waals surface area contributed by atoms with Gasteiger partial charge in [0.05, 0.1) is 18.3 Å². The molecular weight excluding hydrogens is 239 g/mol. The minimum atomic E-state index is -0.645. The summed E-state index contributed by atoms with van der Waals surface area (Å²) in [5.41, 5.74) is 5.63. The number of halogens is 1. The minimum Gasteiger partial charge on any atom is -0.399 e. The van der Waals surface area contributed by atoms with E-state index in [2.05, 4.69) is 5.32 Å². The maximum Gasteiger partial charge on any atom is 0.254 e. The lowest BCUT2D eigenvalue weighted by Crippen LogP contribution is -2.35. The largest absolute Gasteiger partial charge is 0.399 e. The monoisotopic (exact) mass is 256 g/mol. The molecule has 0 spiro atoms. The molecule has 6 heteroatoms. The van der Waals surface area contributed by atoms with Crippen LogP contribution in [0.5, 0.6) is 0 Å². The van der Waals surface area contributed by atoms with E-state index in [1.54, 1.807) is 0 Å². The molecule has 100 valence electrons. The highest BCUT2D eigenvalue weighted by molar-refractivity contribution is 5.94. The molecule has 0 aliphatic rings. The molecule has 0 saturated heterocycles. The summed E-state index contributed by atoms with van der Waals surface area (Å²) in [6, 6.07) is 3.93. The summed E-state index contributed by atoms with van der Waals surface area (Å²) in [4.78, 5) is 11.7. The molecule has 1 rings (SSSR count). The van der Waals surface area contributed by atoms with Crippen molar-refractivity contribution in [2.75, 3.05) is 33.1 Å². The first-order chi connectivity index (χ1) is 8.58. The molecule has 1 aromatic carbocycles. The molecule has 0 aliphatic carbocycles. The Morgan fingerprint density at radius 1 is 1.50 bits per heavy atom. The average molecular weight is 256 g/mol. The van der Waals surface area contributed by atoms with Crippen molar-refractivity contribution in [2.45, 2.75) is 6.10 Å². The number of carbonyl (C=O) groups excluding carboxylic acids is 1. The van der Waals surface area contributed by atoms with Gasteiger partial charge in [-0.05, 0) is 18.2 Å². The molecule has 0 fully saturated rings. The molecule has 1 amide bonds. The van der Waals surface area contributed by atoms with Crippen LogP contribution in [0.1, 0.15) is 10.4 Å². The number of carbonyl (C=O) groups is 1. The molecule has 5 nitrogen and oxygen atoms in total. The minimum absolute atomic E-state index is 0.0449. The lowest BCUT2D eigenvalue weighted by Gasteiger charge is -2.15. The first kappa shape index (κ1) is 14.4. The van der Waals surface area contributed by atoms with Gasteiger partial charge < -0.3 is 20.5 Å². The van der Waals surface area contributed by atoms with Gasteiger partial charge in [-0.1, -0.05) is 0 Å². The van der Waals surface area contributed by atoms with Crippen LogP contribution in [0.3, 0.4) is 0 Å². The maximum atomic E-state index is 13.5. The fraction of sp³-hybridized carbons (Fsp3) is 0.417. The summed E-state index contributed by atoms with van der Waals surface area (Å²) in [7, 11) is 3.05. The number of benzene rings is 1. The van der Waals surface area contributed by atoms with E-state index in [-0.39, 0.29) is 23.9 Å². The number of amides is 1. The maximum absolute atomic E-state index is 13.5. The Kier molecular flexibility index (Phi) is 5.54. The quantitative estimate of drug-likeness (QED) is 0.738. The summed E-state index contributed by atoms with van der Waals surface area (Å²) >= 11 is 0. The third-order valence-electron chi connectivity index (χ3n) is 2.41. The summed E-state index contributed by atoms with van der Waals surface area (Å²) < 4.78 is 23.4. The Balaban J connectivity index is 2.59. The summed E-state index contributed by atoms with van der Waals surface area (Å²) in [6.45, 7) is 0.591. The zero-order chi connectivity index (χ0) is 13.5. The molecular formula is C12H17FN2O3. The number of hydrogen-bond donors (Lipinski definition) is 2. The van der Waals surface area contributed by atoms with Crippen LogP contribution >= 0.6 is 0 Å². The van der Waals surface area contributed by atoms with Crippen LogP contribution in [0.15, 0.2) is 18.2 Å². The summed E-state index contributed by atoms with van der Waals surface area (Å²) in [5, 5.41) is 2.57. The Labute approximate surface area is 105 Å².